The van der Waals surface area contributed by atoms with Crippen molar-refractivity contribution in [2.45, 2.75) is 20.3 Å². The van der Waals surface area contributed by atoms with Crippen molar-refractivity contribution in [2.24, 2.45) is 5.41 Å². The van der Waals surface area contributed by atoms with Gasteiger partial charge in [-0.15, -0.1) is 0 Å². The summed E-state index contributed by atoms with van der Waals surface area (Å²) in [6.45, 7) is 3.84. The molecule has 0 aliphatic carbocycles. The van der Waals surface area contributed by atoms with Gasteiger partial charge in [0.15, 0.2) is 0 Å². The fourth-order valence-electron chi connectivity index (χ4n) is 1.98. The third-order valence-corrected chi connectivity index (χ3v) is 3.48. The Balaban J connectivity index is 2.42. The first-order chi connectivity index (χ1) is 11.4. The summed E-state index contributed by atoms with van der Waals surface area (Å²) in [6.07, 6.45) is 1.59. The lowest BCUT2D eigenvalue weighted by molar-refractivity contribution is 0.0693. The van der Waals surface area contributed by atoms with Crippen LogP contribution in [0.1, 0.15) is 30.6 Å². The molecule has 0 fully saturated rings. The molecule has 2 aromatic rings. The molecule has 2 rings (SSSR count). The number of carboxylic acid groups (broad SMARTS) is 1. The molecule has 2 N–H and O–H groups in total. The summed E-state index contributed by atoms with van der Waals surface area (Å²) < 4.78 is 6.97. The summed E-state index contributed by atoms with van der Waals surface area (Å²) >= 11 is 0. The first kappa shape index (κ1) is 17.2. The number of nitrogens with zero attached hydrogens (tertiary/aromatic N) is 3. The standard InChI is InChI=1S/C17H18N4O3/c1-17(2,11-18)8-9-24-16-20-10-13(15(22)23)14(19)21(16)12-6-4-3-5-7-12/h3-7,10,19H,8-9H2,1-2H3,(H,22,23). The van der Waals surface area contributed by atoms with Gasteiger partial charge in [-0.3, -0.25) is 5.41 Å². The number of hydrogen-bond donors (Lipinski definition) is 2. The molecule has 1 heterocycles. The highest BCUT2D eigenvalue weighted by atomic mass is 16.5. The molecule has 0 saturated heterocycles. The van der Waals surface area contributed by atoms with Crippen LogP contribution < -0.4 is 10.2 Å². The molecule has 0 bridgehead atoms. The van der Waals surface area contributed by atoms with Crippen molar-refractivity contribution in [1.82, 2.24) is 9.55 Å². The number of hydrogen-bond acceptors (Lipinski definition) is 5. The molecule has 24 heavy (non-hydrogen) atoms. The van der Waals surface area contributed by atoms with Gasteiger partial charge in [0.1, 0.15) is 11.1 Å². The Morgan fingerprint density at radius 2 is 2.08 bits per heavy atom. The number of aromatic nitrogens is 2. The number of carbonyl (C=O) groups is 1. The number of rotatable bonds is 6. The molecule has 0 atom stereocenters. The summed E-state index contributed by atoms with van der Waals surface area (Å²) in [5.74, 6) is -1.23. The lowest BCUT2D eigenvalue weighted by Gasteiger charge is -2.17. The molecule has 124 valence electrons. The average molecular weight is 326 g/mol. The molecule has 1 aromatic heterocycles. The maximum Gasteiger partial charge on any atom is 0.341 e. The highest BCUT2D eigenvalue weighted by Gasteiger charge is 2.19. The van der Waals surface area contributed by atoms with Crippen molar-refractivity contribution >= 4 is 5.97 Å². The van der Waals surface area contributed by atoms with Crippen molar-refractivity contribution in [3.8, 4) is 17.8 Å². The van der Waals surface area contributed by atoms with E-state index in [4.69, 9.17) is 15.4 Å². The predicted molar refractivity (Wildman–Crippen MR) is 85.9 cm³/mol. The molecule has 0 saturated carbocycles. The first-order valence-corrected chi connectivity index (χ1v) is 7.35. The van der Waals surface area contributed by atoms with E-state index < -0.39 is 11.4 Å². The fourth-order valence-corrected chi connectivity index (χ4v) is 1.98. The van der Waals surface area contributed by atoms with Crippen LogP contribution in [-0.4, -0.2) is 27.2 Å². The summed E-state index contributed by atoms with van der Waals surface area (Å²) in [4.78, 5) is 15.3. The molecular formula is C17H18N4O3. The number of para-hydroxylation sites is 1. The second-order valence-corrected chi connectivity index (χ2v) is 5.87. The van der Waals surface area contributed by atoms with Crippen LogP contribution >= 0.6 is 0 Å². The van der Waals surface area contributed by atoms with Crippen molar-refractivity contribution < 1.29 is 14.6 Å². The quantitative estimate of drug-likeness (QED) is 0.846. The highest BCUT2D eigenvalue weighted by molar-refractivity contribution is 5.86. The molecule has 0 radical (unpaired) electrons. The minimum atomic E-state index is -1.23. The van der Waals surface area contributed by atoms with Gasteiger partial charge in [0.25, 0.3) is 0 Å². The van der Waals surface area contributed by atoms with Crippen LogP contribution in [0.25, 0.3) is 5.69 Å². The first-order valence-electron chi connectivity index (χ1n) is 7.35. The monoisotopic (exact) mass is 326 g/mol. The molecule has 0 amide bonds. The SMILES string of the molecule is CC(C)(C#N)CCOc1ncc(C(=O)O)c(=N)n1-c1ccccc1. The van der Waals surface area contributed by atoms with Crippen LogP contribution in [0.2, 0.25) is 0 Å². The number of aromatic carboxylic acids is 1. The number of nitrogens with one attached hydrogen (secondary N) is 1. The van der Waals surface area contributed by atoms with Crippen molar-refractivity contribution in [3.63, 3.8) is 0 Å². The van der Waals surface area contributed by atoms with Gasteiger partial charge in [0.05, 0.1) is 30.0 Å². The van der Waals surface area contributed by atoms with Crippen molar-refractivity contribution in [3.05, 3.63) is 47.6 Å². The molecule has 1 aromatic carbocycles. The van der Waals surface area contributed by atoms with E-state index in [0.717, 1.165) is 6.20 Å². The minimum absolute atomic E-state index is 0.116. The Labute approximate surface area is 139 Å². The van der Waals surface area contributed by atoms with Crippen LogP contribution in [0.3, 0.4) is 0 Å². The topological polar surface area (TPSA) is 112 Å². The van der Waals surface area contributed by atoms with Crippen LogP contribution in [0, 0.1) is 22.2 Å². The van der Waals surface area contributed by atoms with Crippen molar-refractivity contribution in [2.75, 3.05) is 6.61 Å². The van der Waals surface area contributed by atoms with Crippen molar-refractivity contribution in [1.29, 1.82) is 10.7 Å². The summed E-state index contributed by atoms with van der Waals surface area (Å²) in [5, 5.41) is 26.4. The molecule has 7 heteroatoms. The Morgan fingerprint density at radius 1 is 1.42 bits per heavy atom. The number of carboxylic acids is 1. The zero-order chi connectivity index (χ0) is 17.7. The fraction of sp³-hybridized carbons (Fsp3) is 0.294. The van der Waals surface area contributed by atoms with E-state index in [9.17, 15) is 9.90 Å². The summed E-state index contributed by atoms with van der Waals surface area (Å²) in [5.41, 5.74) is -0.406. The van der Waals surface area contributed by atoms with E-state index in [1.54, 1.807) is 38.1 Å². The van der Waals surface area contributed by atoms with E-state index in [1.807, 2.05) is 6.07 Å². The van der Waals surface area contributed by atoms with Gasteiger partial charge >= 0.3 is 12.0 Å². The van der Waals surface area contributed by atoms with Gasteiger partial charge in [-0.05, 0) is 32.4 Å². The molecule has 0 aliphatic heterocycles. The molecule has 7 nitrogen and oxygen atoms in total. The van der Waals surface area contributed by atoms with E-state index in [1.165, 1.54) is 4.57 Å². The molecule has 0 unspecified atom stereocenters. The Hall–Kier alpha value is -3.14. The van der Waals surface area contributed by atoms with Gasteiger partial charge in [-0.1, -0.05) is 18.2 Å². The third kappa shape index (κ3) is 3.79. The normalized spacial score (nSPS) is 10.9. The van der Waals surface area contributed by atoms with Gasteiger partial charge < -0.3 is 9.84 Å². The lowest BCUT2D eigenvalue weighted by atomic mass is 9.92. The van der Waals surface area contributed by atoms with E-state index in [-0.39, 0.29) is 23.7 Å². The highest BCUT2D eigenvalue weighted by Crippen LogP contribution is 2.20. The predicted octanol–water partition coefficient (Wildman–Crippen LogP) is 2.37. The van der Waals surface area contributed by atoms with E-state index in [0.29, 0.717) is 12.1 Å². The Bertz CT molecular complexity index is 835. The largest absolute Gasteiger partial charge is 0.477 e. The summed E-state index contributed by atoms with van der Waals surface area (Å²) in [7, 11) is 0. The van der Waals surface area contributed by atoms with E-state index in [2.05, 4.69) is 11.1 Å². The zero-order valence-corrected chi connectivity index (χ0v) is 13.5. The molecule has 0 aliphatic rings. The number of benzene rings is 1. The Morgan fingerprint density at radius 3 is 2.67 bits per heavy atom. The zero-order valence-electron chi connectivity index (χ0n) is 13.5. The lowest BCUT2D eigenvalue weighted by Crippen LogP contribution is -2.28. The van der Waals surface area contributed by atoms with Gasteiger partial charge in [-0.25, -0.2) is 14.3 Å². The Kier molecular flexibility index (Phi) is 4.99. The van der Waals surface area contributed by atoms with Crippen LogP contribution in [0.4, 0.5) is 0 Å². The average Bonchev–Trinajstić information content (AvgIpc) is 2.55. The third-order valence-electron chi connectivity index (χ3n) is 3.48. The van der Waals surface area contributed by atoms with Crippen LogP contribution in [0.15, 0.2) is 36.5 Å². The molecule has 0 spiro atoms. The second kappa shape index (κ2) is 6.96. The minimum Gasteiger partial charge on any atom is -0.477 e. The van der Waals surface area contributed by atoms with Gasteiger partial charge in [-0.2, -0.15) is 5.26 Å². The van der Waals surface area contributed by atoms with E-state index >= 15 is 0 Å². The smallest absolute Gasteiger partial charge is 0.341 e. The number of ether oxygens (including phenoxy) is 1. The van der Waals surface area contributed by atoms with Gasteiger partial charge in [0.2, 0.25) is 0 Å². The van der Waals surface area contributed by atoms with Crippen LogP contribution in [-0.2, 0) is 0 Å². The summed E-state index contributed by atoms with van der Waals surface area (Å²) in [6, 6.07) is 11.1. The maximum atomic E-state index is 11.3. The van der Waals surface area contributed by atoms with Crippen LogP contribution in [0.5, 0.6) is 6.01 Å². The number of nitriles is 1. The van der Waals surface area contributed by atoms with Gasteiger partial charge in [0, 0.05) is 0 Å². The second-order valence-electron chi connectivity index (χ2n) is 5.87. The molecular weight excluding hydrogens is 308 g/mol. The maximum absolute atomic E-state index is 11.3.